The molecule has 0 heterocycles. The van der Waals surface area contributed by atoms with Crippen molar-refractivity contribution in [1.82, 2.24) is 4.72 Å². The fraction of sp³-hybridized carbons (Fsp3) is 0.538. The SMILES string of the molecule is O=S(=O)(CCc1ccccc1)NCC(Cl)C1CC1. The molecular formula is C13H18ClNO2S. The summed E-state index contributed by atoms with van der Waals surface area (Å²) >= 11 is 6.07. The predicted octanol–water partition coefficient (Wildman–Crippen LogP) is 2.17. The van der Waals surface area contributed by atoms with E-state index in [1.807, 2.05) is 30.3 Å². The maximum Gasteiger partial charge on any atom is 0.211 e. The van der Waals surface area contributed by atoms with Crippen LogP contribution in [0.15, 0.2) is 30.3 Å². The Morgan fingerprint density at radius 2 is 1.94 bits per heavy atom. The molecule has 0 radical (unpaired) electrons. The highest BCUT2D eigenvalue weighted by Crippen LogP contribution is 2.35. The van der Waals surface area contributed by atoms with E-state index in [1.165, 1.54) is 0 Å². The molecular weight excluding hydrogens is 270 g/mol. The Morgan fingerprint density at radius 1 is 1.28 bits per heavy atom. The second kappa shape index (κ2) is 6.04. The van der Waals surface area contributed by atoms with Crippen LogP contribution < -0.4 is 4.72 Å². The molecule has 100 valence electrons. The normalized spacial score (nSPS) is 17.6. The van der Waals surface area contributed by atoms with Gasteiger partial charge in [0.15, 0.2) is 0 Å². The molecule has 1 N–H and O–H groups in total. The van der Waals surface area contributed by atoms with E-state index in [1.54, 1.807) is 0 Å². The number of rotatable bonds is 7. The van der Waals surface area contributed by atoms with E-state index in [0.717, 1.165) is 18.4 Å². The van der Waals surface area contributed by atoms with E-state index in [4.69, 9.17) is 11.6 Å². The third-order valence-corrected chi connectivity index (χ3v) is 4.99. The van der Waals surface area contributed by atoms with Gasteiger partial charge in [-0.1, -0.05) is 30.3 Å². The van der Waals surface area contributed by atoms with Crippen LogP contribution in [0.2, 0.25) is 0 Å². The third-order valence-electron chi connectivity index (χ3n) is 3.13. The standard InChI is InChI=1S/C13H18ClNO2S/c14-13(12-6-7-12)10-15-18(16,17)9-8-11-4-2-1-3-5-11/h1-5,12-13,15H,6-10H2. The van der Waals surface area contributed by atoms with Gasteiger partial charge in [-0.15, -0.1) is 11.6 Å². The molecule has 1 atom stereocenters. The van der Waals surface area contributed by atoms with Gasteiger partial charge in [-0.25, -0.2) is 13.1 Å². The zero-order chi connectivity index (χ0) is 13.0. The average Bonchev–Trinajstić information content (AvgIpc) is 3.19. The summed E-state index contributed by atoms with van der Waals surface area (Å²) in [6.45, 7) is 0.351. The molecule has 0 aromatic heterocycles. The smallest absolute Gasteiger partial charge is 0.211 e. The molecule has 0 spiro atoms. The van der Waals surface area contributed by atoms with Gasteiger partial charge in [0.2, 0.25) is 10.0 Å². The fourth-order valence-corrected chi connectivity index (χ4v) is 3.30. The molecule has 5 heteroatoms. The van der Waals surface area contributed by atoms with Gasteiger partial charge in [0, 0.05) is 11.9 Å². The summed E-state index contributed by atoms with van der Waals surface area (Å²) in [5.74, 6) is 0.620. The molecule has 18 heavy (non-hydrogen) atoms. The number of nitrogens with one attached hydrogen (secondary N) is 1. The number of aryl methyl sites for hydroxylation is 1. The molecule has 1 saturated carbocycles. The topological polar surface area (TPSA) is 46.2 Å². The molecule has 0 bridgehead atoms. The van der Waals surface area contributed by atoms with Gasteiger partial charge >= 0.3 is 0 Å². The van der Waals surface area contributed by atoms with Crippen molar-refractivity contribution in [3.63, 3.8) is 0 Å². The van der Waals surface area contributed by atoms with Crippen molar-refractivity contribution in [2.75, 3.05) is 12.3 Å². The minimum atomic E-state index is -3.22. The van der Waals surface area contributed by atoms with Crippen molar-refractivity contribution in [2.45, 2.75) is 24.6 Å². The van der Waals surface area contributed by atoms with Gasteiger partial charge in [0.1, 0.15) is 0 Å². The molecule has 0 aliphatic heterocycles. The molecule has 1 aromatic carbocycles. The summed E-state index contributed by atoms with van der Waals surface area (Å²) in [4.78, 5) is 0. The lowest BCUT2D eigenvalue weighted by Gasteiger charge is -2.10. The van der Waals surface area contributed by atoms with E-state index >= 15 is 0 Å². The molecule has 0 saturated heterocycles. The van der Waals surface area contributed by atoms with Crippen molar-refractivity contribution >= 4 is 21.6 Å². The lowest BCUT2D eigenvalue weighted by molar-refractivity contribution is 0.575. The first kappa shape index (κ1) is 13.8. The summed E-state index contributed by atoms with van der Waals surface area (Å²) < 4.78 is 26.2. The van der Waals surface area contributed by atoms with Gasteiger partial charge in [0.05, 0.1) is 5.75 Å². The minimum Gasteiger partial charge on any atom is -0.214 e. The van der Waals surface area contributed by atoms with Crippen LogP contribution in [-0.2, 0) is 16.4 Å². The molecule has 1 fully saturated rings. The van der Waals surface area contributed by atoms with Crippen LogP contribution in [0.4, 0.5) is 0 Å². The molecule has 0 amide bonds. The highest BCUT2D eigenvalue weighted by molar-refractivity contribution is 7.89. The summed E-state index contributed by atoms with van der Waals surface area (Å²) in [6, 6.07) is 9.62. The maximum absolute atomic E-state index is 11.8. The number of benzene rings is 1. The summed E-state index contributed by atoms with van der Waals surface area (Å²) in [7, 11) is -3.22. The lowest BCUT2D eigenvalue weighted by Crippen LogP contribution is -2.33. The summed E-state index contributed by atoms with van der Waals surface area (Å²) in [5, 5.41) is -0.0588. The quantitative estimate of drug-likeness (QED) is 0.781. The first-order valence-corrected chi connectivity index (χ1v) is 8.31. The van der Waals surface area contributed by atoms with E-state index in [-0.39, 0.29) is 11.1 Å². The lowest BCUT2D eigenvalue weighted by atomic mass is 10.2. The maximum atomic E-state index is 11.8. The van der Waals surface area contributed by atoms with Crippen LogP contribution in [-0.4, -0.2) is 26.1 Å². The molecule has 2 rings (SSSR count). The Morgan fingerprint density at radius 3 is 2.56 bits per heavy atom. The first-order chi connectivity index (χ1) is 8.57. The van der Waals surface area contributed by atoms with Gasteiger partial charge in [0.25, 0.3) is 0 Å². The molecule has 3 nitrogen and oxygen atoms in total. The highest BCUT2D eigenvalue weighted by Gasteiger charge is 2.30. The Labute approximate surface area is 114 Å². The average molecular weight is 288 g/mol. The fourth-order valence-electron chi connectivity index (χ4n) is 1.80. The predicted molar refractivity (Wildman–Crippen MR) is 74.3 cm³/mol. The number of sulfonamides is 1. The summed E-state index contributed by atoms with van der Waals surface area (Å²) in [5.41, 5.74) is 1.03. The van der Waals surface area contributed by atoms with Gasteiger partial charge < -0.3 is 0 Å². The van der Waals surface area contributed by atoms with Crippen LogP contribution in [0.1, 0.15) is 18.4 Å². The Bertz CT molecular complexity index is 471. The van der Waals surface area contributed by atoms with Crippen molar-refractivity contribution in [1.29, 1.82) is 0 Å². The Balaban J connectivity index is 1.76. The van der Waals surface area contributed by atoms with E-state index < -0.39 is 10.0 Å². The highest BCUT2D eigenvalue weighted by atomic mass is 35.5. The van der Waals surface area contributed by atoms with Crippen LogP contribution in [0.3, 0.4) is 0 Å². The van der Waals surface area contributed by atoms with Crippen LogP contribution >= 0.6 is 11.6 Å². The first-order valence-electron chi connectivity index (χ1n) is 6.22. The van der Waals surface area contributed by atoms with Gasteiger partial charge in [-0.3, -0.25) is 0 Å². The van der Waals surface area contributed by atoms with Gasteiger partial charge in [-0.2, -0.15) is 0 Å². The van der Waals surface area contributed by atoms with Gasteiger partial charge in [-0.05, 0) is 30.7 Å². The van der Waals surface area contributed by atoms with Crippen LogP contribution in [0.5, 0.6) is 0 Å². The number of hydrogen-bond acceptors (Lipinski definition) is 2. The van der Waals surface area contributed by atoms with Crippen molar-refractivity contribution < 1.29 is 8.42 Å². The number of halogens is 1. The Kier molecular flexibility index (Phi) is 4.65. The van der Waals surface area contributed by atoms with Crippen molar-refractivity contribution in [3.8, 4) is 0 Å². The molecule has 1 unspecified atom stereocenters. The van der Waals surface area contributed by atoms with E-state index in [9.17, 15) is 8.42 Å². The minimum absolute atomic E-state index is 0.0588. The number of hydrogen-bond donors (Lipinski definition) is 1. The monoisotopic (exact) mass is 287 g/mol. The largest absolute Gasteiger partial charge is 0.214 e. The molecule has 1 aromatic rings. The number of alkyl halides is 1. The van der Waals surface area contributed by atoms with E-state index in [2.05, 4.69) is 4.72 Å². The van der Waals surface area contributed by atoms with Crippen LogP contribution in [0.25, 0.3) is 0 Å². The second-order valence-electron chi connectivity index (χ2n) is 4.76. The second-order valence-corrected chi connectivity index (χ2v) is 7.24. The third kappa shape index (κ3) is 4.59. The zero-order valence-electron chi connectivity index (χ0n) is 10.2. The summed E-state index contributed by atoms with van der Waals surface area (Å²) in [6.07, 6.45) is 2.78. The van der Waals surface area contributed by atoms with Crippen molar-refractivity contribution in [2.24, 2.45) is 5.92 Å². The van der Waals surface area contributed by atoms with Crippen LogP contribution in [0, 0.1) is 5.92 Å². The Hall–Kier alpha value is -0.580. The molecule has 1 aliphatic carbocycles. The molecule has 1 aliphatic rings. The van der Waals surface area contributed by atoms with E-state index in [0.29, 0.717) is 18.9 Å². The van der Waals surface area contributed by atoms with Crippen molar-refractivity contribution in [3.05, 3.63) is 35.9 Å². The zero-order valence-corrected chi connectivity index (χ0v) is 11.8.